The van der Waals surface area contributed by atoms with E-state index < -0.39 is 5.97 Å². The zero-order valence-electron chi connectivity index (χ0n) is 12.2. The Bertz CT molecular complexity index is 434. The van der Waals surface area contributed by atoms with Crippen LogP contribution in [0.25, 0.3) is 0 Å². The van der Waals surface area contributed by atoms with Crippen molar-refractivity contribution in [3.63, 3.8) is 0 Å². The van der Waals surface area contributed by atoms with Crippen LogP contribution in [0.3, 0.4) is 0 Å². The third kappa shape index (κ3) is 3.97. The molecule has 0 aromatic heterocycles. The standard InChI is InChI=1S/C16H23NO3/c1-12(2)17(9-5-8-16(18)19)11-14-10-13-6-3-4-7-15(13)20-14/h3-4,6-7,12,14H,5,8-11H2,1-2H3,(H,18,19). The van der Waals surface area contributed by atoms with Gasteiger partial charge in [0.25, 0.3) is 0 Å². The summed E-state index contributed by atoms with van der Waals surface area (Å²) in [5.41, 5.74) is 1.27. The van der Waals surface area contributed by atoms with E-state index in [1.165, 1.54) is 5.56 Å². The molecule has 0 spiro atoms. The molecule has 4 heteroatoms. The monoisotopic (exact) mass is 277 g/mol. The van der Waals surface area contributed by atoms with Gasteiger partial charge in [-0.3, -0.25) is 9.69 Å². The van der Waals surface area contributed by atoms with Crippen LogP contribution < -0.4 is 4.74 Å². The Hall–Kier alpha value is -1.55. The number of carboxylic acids is 1. The molecule has 110 valence electrons. The summed E-state index contributed by atoms with van der Waals surface area (Å²) in [5, 5.41) is 8.72. The van der Waals surface area contributed by atoms with Crippen molar-refractivity contribution in [1.29, 1.82) is 0 Å². The smallest absolute Gasteiger partial charge is 0.303 e. The highest BCUT2D eigenvalue weighted by Crippen LogP contribution is 2.28. The average Bonchev–Trinajstić information content (AvgIpc) is 2.79. The molecule has 0 saturated heterocycles. The van der Waals surface area contributed by atoms with E-state index >= 15 is 0 Å². The molecule has 1 aromatic rings. The molecule has 0 amide bonds. The molecule has 0 saturated carbocycles. The van der Waals surface area contributed by atoms with Crippen LogP contribution in [0.5, 0.6) is 5.75 Å². The molecule has 0 bridgehead atoms. The predicted molar refractivity (Wildman–Crippen MR) is 78.1 cm³/mol. The van der Waals surface area contributed by atoms with Crippen molar-refractivity contribution in [2.24, 2.45) is 0 Å². The summed E-state index contributed by atoms with van der Waals surface area (Å²) in [4.78, 5) is 12.9. The van der Waals surface area contributed by atoms with Crippen LogP contribution in [0.15, 0.2) is 24.3 Å². The molecule has 20 heavy (non-hydrogen) atoms. The maximum Gasteiger partial charge on any atom is 0.303 e. The highest BCUT2D eigenvalue weighted by atomic mass is 16.5. The fourth-order valence-electron chi connectivity index (χ4n) is 2.61. The Morgan fingerprint density at radius 2 is 2.20 bits per heavy atom. The normalized spacial score (nSPS) is 17.3. The van der Waals surface area contributed by atoms with Gasteiger partial charge in [-0.1, -0.05) is 18.2 Å². The van der Waals surface area contributed by atoms with Gasteiger partial charge in [0, 0.05) is 25.4 Å². The predicted octanol–water partition coefficient (Wildman–Crippen LogP) is 2.57. The Balaban J connectivity index is 1.85. The Morgan fingerprint density at radius 1 is 1.45 bits per heavy atom. The van der Waals surface area contributed by atoms with Crippen molar-refractivity contribution in [1.82, 2.24) is 4.90 Å². The van der Waals surface area contributed by atoms with Crippen LogP contribution in [-0.2, 0) is 11.2 Å². The van der Waals surface area contributed by atoms with E-state index in [4.69, 9.17) is 9.84 Å². The summed E-state index contributed by atoms with van der Waals surface area (Å²) < 4.78 is 5.96. The molecule has 0 radical (unpaired) electrons. The van der Waals surface area contributed by atoms with E-state index in [1.807, 2.05) is 18.2 Å². The number of carbonyl (C=O) groups is 1. The molecule has 2 rings (SSSR count). The first-order valence-corrected chi connectivity index (χ1v) is 7.26. The molecule has 1 aromatic carbocycles. The van der Waals surface area contributed by atoms with Crippen molar-refractivity contribution < 1.29 is 14.6 Å². The van der Waals surface area contributed by atoms with E-state index in [-0.39, 0.29) is 12.5 Å². The second-order valence-electron chi connectivity index (χ2n) is 5.64. The minimum absolute atomic E-state index is 0.180. The minimum Gasteiger partial charge on any atom is -0.488 e. The zero-order chi connectivity index (χ0) is 14.5. The van der Waals surface area contributed by atoms with E-state index in [9.17, 15) is 4.79 Å². The summed E-state index contributed by atoms with van der Waals surface area (Å²) in [7, 11) is 0. The molecule has 1 heterocycles. The molecular weight excluding hydrogens is 254 g/mol. The summed E-state index contributed by atoms with van der Waals surface area (Å²) in [6.07, 6.45) is 2.04. The summed E-state index contributed by atoms with van der Waals surface area (Å²) in [5.74, 6) is 0.268. The van der Waals surface area contributed by atoms with Crippen LogP contribution in [0.2, 0.25) is 0 Å². The maximum atomic E-state index is 10.6. The maximum absolute atomic E-state index is 10.6. The summed E-state index contributed by atoms with van der Waals surface area (Å²) in [6.45, 7) is 5.94. The van der Waals surface area contributed by atoms with E-state index in [2.05, 4.69) is 24.8 Å². The second kappa shape index (κ2) is 6.75. The highest BCUT2D eigenvalue weighted by Gasteiger charge is 2.25. The molecule has 0 aliphatic carbocycles. The van der Waals surface area contributed by atoms with Crippen molar-refractivity contribution in [3.8, 4) is 5.75 Å². The van der Waals surface area contributed by atoms with E-state index in [0.717, 1.165) is 25.3 Å². The topological polar surface area (TPSA) is 49.8 Å². The van der Waals surface area contributed by atoms with Gasteiger partial charge in [0.2, 0.25) is 0 Å². The fourth-order valence-corrected chi connectivity index (χ4v) is 2.61. The van der Waals surface area contributed by atoms with Crippen molar-refractivity contribution in [3.05, 3.63) is 29.8 Å². The van der Waals surface area contributed by atoms with Gasteiger partial charge in [-0.05, 0) is 38.4 Å². The summed E-state index contributed by atoms with van der Waals surface area (Å²) >= 11 is 0. The number of fused-ring (bicyclic) bond motifs is 1. The van der Waals surface area contributed by atoms with Gasteiger partial charge < -0.3 is 9.84 Å². The minimum atomic E-state index is -0.724. The molecule has 1 aliphatic rings. The number of hydrogen-bond donors (Lipinski definition) is 1. The quantitative estimate of drug-likeness (QED) is 0.832. The van der Waals surface area contributed by atoms with E-state index in [1.54, 1.807) is 0 Å². The first-order valence-electron chi connectivity index (χ1n) is 7.26. The van der Waals surface area contributed by atoms with Crippen LogP contribution in [0.1, 0.15) is 32.3 Å². The number of hydrogen-bond acceptors (Lipinski definition) is 3. The van der Waals surface area contributed by atoms with Gasteiger partial charge in [0.1, 0.15) is 11.9 Å². The third-order valence-corrected chi connectivity index (χ3v) is 3.72. The Kier molecular flexibility index (Phi) is 5.01. The molecule has 1 unspecified atom stereocenters. The van der Waals surface area contributed by atoms with E-state index in [0.29, 0.717) is 12.5 Å². The van der Waals surface area contributed by atoms with Gasteiger partial charge in [-0.25, -0.2) is 0 Å². The number of ether oxygens (including phenoxy) is 1. The lowest BCUT2D eigenvalue weighted by atomic mass is 10.1. The second-order valence-corrected chi connectivity index (χ2v) is 5.64. The number of benzene rings is 1. The Morgan fingerprint density at radius 3 is 2.85 bits per heavy atom. The Labute approximate surface area is 120 Å². The number of nitrogens with zero attached hydrogens (tertiary/aromatic N) is 1. The largest absolute Gasteiger partial charge is 0.488 e. The highest BCUT2D eigenvalue weighted by molar-refractivity contribution is 5.66. The van der Waals surface area contributed by atoms with Gasteiger partial charge in [0.15, 0.2) is 0 Å². The van der Waals surface area contributed by atoms with Crippen LogP contribution >= 0.6 is 0 Å². The van der Waals surface area contributed by atoms with Crippen LogP contribution in [-0.4, -0.2) is 41.2 Å². The number of carboxylic acid groups (broad SMARTS) is 1. The van der Waals surface area contributed by atoms with Crippen molar-refractivity contribution in [2.45, 2.75) is 45.3 Å². The first kappa shape index (κ1) is 14.9. The molecule has 4 nitrogen and oxygen atoms in total. The lowest BCUT2D eigenvalue weighted by molar-refractivity contribution is -0.137. The number of para-hydroxylation sites is 1. The fraction of sp³-hybridized carbons (Fsp3) is 0.562. The third-order valence-electron chi connectivity index (χ3n) is 3.72. The van der Waals surface area contributed by atoms with Gasteiger partial charge in [0.05, 0.1) is 0 Å². The lowest BCUT2D eigenvalue weighted by Crippen LogP contribution is -2.40. The molecule has 1 N–H and O–H groups in total. The van der Waals surface area contributed by atoms with Gasteiger partial charge >= 0.3 is 5.97 Å². The van der Waals surface area contributed by atoms with Gasteiger partial charge in [-0.2, -0.15) is 0 Å². The van der Waals surface area contributed by atoms with Crippen LogP contribution in [0.4, 0.5) is 0 Å². The van der Waals surface area contributed by atoms with Gasteiger partial charge in [-0.15, -0.1) is 0 Å². The molecule has 0 fully saturated rings. The molecular formula is C16H23NO3. The summed E-state index contributed by atoms with van der Waals surface area (Å²) in [6, 6.07) is 8.56. The van der Waals surface area contributed by atoms with Crippen molar-refractivity contribution in [2.75, 3.05) is 13.1 Å². The molecule has 1 atom stereocenters. The average molecular weight is 277 g/mol. The van der Waals surface area contributed by atoms with Crippen molar-refractivity contribution >= 4 is 5.97 Å². The molecule has 1 aliphatic heterocycles. The lowest BCUT2D eigenvalue weighted by Gasteiger charge is -2.28. The zero-order valence-corrected chi connectivity index (χ0v) is 12.2. The van der Waals surface area contributed by atoms with Crippen LogP contribution in [0, 0.1) is 0 Å². The number of rotatable bonds is 7. The number of aliphatic carboxylic acids is 1. The first-order chi connectivity index (χ1) is 9.56. The SMILES string of the molecule is CC(C)N(CCCC(=O)O)CC1Cc2ccccc2O1.